The van der Waals surface area contributed by atoms with Gasteiger partial charge in [0.2, 0.25) is 5.91 Å². The van der Waals surface area contributed by atoms with Crippen molar-refractivity contribution in [1.82, 2.24) is 15.3 Å². The maximum Gasteiger partial charge on any atom is 0.249 e. The number of aryl methyl sites for hydroxylation is 1. The normalized spacial score (nSPS) is 16.1. The van der Waals surface area contributed by atoms with Gasteiger partial charge in [-0.1, -0.05) is 30.3 Å². The summed E-state index contributed by atoms with van der Waals surface area (Å²) in [7, 11) is 0. The molecule has 1 saturated heterocycles. The Kier molecular flexibility index (Phi) is 5.67. The third-order valence-electron chi connectivity index (χ3n) is 5.02. The fourth-order valence-corrected chi connectivity index (χ4v) is 3.44. The molecule has 1 unspecified atom stereocenters. The van der Waals surface area contributed by atoms with Crippen LogP contribution in [0.3, 0.4) is 0 Å². The smallest absolute Gasteiger partial charge is 0.249 e. The molecule has 1 aliphatic rings. The summed E-state index contributed by atoms with van der Waals surface area (Å²) < 4.78 is 19.4. The number of nitrogens with one attached hydrogen (secondary N) is 2. The molecule has 0 aliphatic carbocycles. The SMILES string of the molecule is Cc1cccc2c(NCc3ccccc3F)nc(CNC(=O)C3CCCO3)nc12. The lowest BCUT2D eigenvalue weighted by atomic mass is 10.1. The van der Waals surface area contributed by atoms with E-state index < -0.39 is 6.10 Å². The average Bonchev–Trinajstić information content (AvgIpc) is 3.27. The fourth-order valence-electron chi connectivity index (χ4n) is 3.44. The van der Waals surface area contributed by atoms with E-state index in [0.29, 0.717) is 30.4 Å². The summed E-state index contributed by atoms with van der Waals surface area (Å²) in [4.78, 5) is 21.4. The average molecular weight is 394 g/mol. The summed E-state index contributed by atoms with van der Waals surface area (Å²) in [5, 5.41) is 6.94. The molecule has 150 valence electrons. The minimum atomic E-state index is -0.393. The lowest BCUT2D eigenvalue weighted by molar-refractivity contribution is -0.130. The molecule has 0 saturated carbocycles. The predicted octanol–water partition coefficient (Wildman–Crippen LogP) is 3.48. The van der Waals surface area contributed by atoms with Crippen molar-refractivity contribution >= 4 is 22.6 Å². The van der Waals surface area contributed by atoms with Crippen molar-refractivity contribution in [1.29, 1.82) is 0 Å². The van der Waals surface area contributed by atoms with E-state index in [1.165, 1.54) is 6.07 Å². The third-order valence-corrected chi connectivity index (χ3v) is 5.02. The van der Waals surface area contributed by atoms with Gasteiger partial charge in [-0.2, -0.15) is 0 Å². The molecule has 3 aromatic rings. The highest BCUT2D eigenvalue weighted by atomic mass is 19.1. The monoisotopic (exact) mass is 394 g/mol. The van der Waals surface area contributed by atoms with Gasteiger partial charge in [-0.25, -0.2) is 14.4 Å². The second-order valence-corrected chi connectivity index (χ2v) is 7.12. The maximum absolute atomic E-state index is 14.0. The van der Waals surface area contributed by atoms with Crippen LogP contribution in [0.1, 0.15) is 29.8 Å². The van der Waals surface area contributed by atoms with E-state index in [0.717, 1.165) is 29.3 Å². The zero-order chi connectivity index (χ0) is 20.2. The van der Waals surface area contributed by atoms with Crippen molar-refractivity contribution in [2.45, 2.75) is 39.0 Å². The lowest BCUT2D eigenvalue weighted by Crippen LogP contribution is -2.34. The van der Waals surface area contributed by atoms with Gasteiger partial charge in [0.15, 0.2) is 5.82 Å². The van der Waals surface area contributed by atoms with E-state index in [9.17, 15) is 9.18 Å². The number of aromatic nitrogens is 2. The predicted molar refractivity (Wildman–Crippen MR) is 109 cm³/mol. The quantitative estimate of drug-likeness (QED) is 0.669. The number of carbonyl (C=O) groups excluding carboxylic acids is 1. The van der Waals surface area contributed by atoms with Crippen LogP contribution in [-0.2, 0) is 22.6 Å². The zero-order valence-electron chi connectivity index (χ0n) is 16.2. The van der Waals surface area contributed by atoms with Crippen molar-refractivity contribution in [3.63, 3.8) is 0 Å². The van der Waals surface area contributed by atoms with E-state index in [-0.39, 0.29) is 18.3 Å². The number of benzene rings is 2. The summed E-state index contributed by atoms with van der Waals surface area (Å²) in [6, 6.07) is 12.5. The fraction of sp³-hybridized carbons (Fsp3) is 0.318. The molecule has 0 bridgehead atoms. The lowest BCUT2D eigenvalue weighted by Gasteiger charge is -2.14. The first-order valence-electron chi connectivity index (χ1n) is 9.74. The van der Waals surface area contributed by atoms with Gasteiger partial charge in [-0.15, -0.1) is 0 Å². The Balaban J connectivity index is 1.57. The molecule has 4 rings (SSSR count). The Morgan fingerprint density at radius 2 is 2.03 bits per heavy atom. The van der Waals surface area contributed by atoms with Crippen molar-refractivity contribution < 1.29 is 13.9 Å². The molecular weight excluding hydrogens is 371 g/mol. The summed E-state index contributed by atoms with van der Waals surface area (Å²) in [5.41, 5.74) is 2.37. The molecule has 1 aromatic heterocycles. The Labute approximate surface area is 168 Å². The Bertz CT molecular complexity index is 1030. The number of para-hydroxylation sites is 1. The molecular formula is C22H23FN4O2. The van der Waals surface area contributed by atoms with Gasteiger partial charge < -0.3 is 15.4 Å². The molecule has 6 nitrogen and oxygen atoms in total. The van der Waals surface area contributed by atoms with Gasteiger partial charge in [0, 0.05) is 24.1 Å². The topological polar surface area (TPSA) is 76.1 Å². The largest absolute Gasteiger partial charge is 0.368 e. The molecule has 0 radical (unpaired) electrons. The number of rotatable bonds is 6. The van der Waals surface area contributed by atoms with E-state index in [1.54, 1.807) is 18.2 Å². The number of anilines is 1. The number of hydrogen-bond donors (Lipinski definition) is 2. The van der Waals surface area contributed by atoms with E-state index >= 15 is 0 Å². The first-order chi connectivity index (χ1) is 14.1. The molecule has 1 amide bonds. The van der Waals surface area contributed by atoms with Gasteiger partial charge in [0.1, 0.15) is 17.7 Å². The molecule has 7 heteroatoms. The second-order valence-electron chi connectivity index (χ2n) is 7.12. The molecule has 0 spiro atoms. The van der Waals surface area contributed by atoms with Crippen LogP contribution in [0.5, 0.6) is 0 Å². The zero-order valence-corrected chi connectivity index (χ0v) is 16.2. The van der Waals surface area contributed by atoms with Crippen LogP contribution in [0.25, 0.3) is 10.9 Å². The minimum Gasteiger partial charge on any atom is -0.368 e. The van der Waals surface area contributed by atoms with Gasteiger partial charge in [-0.3, -0.25) is 4.79 Å². The number of amides is 1. The summed E-state index contributed by atoms with van der Waals surface area (Å²) in [6.07, 6.45) is 1.24. The minimum absolute atomic E-state index is 0.142. The Morgan fingerprint density at radius 3 is 2.83 bits per heavy atom. The van der Waals surface area contributed by atoms with Crippen LogP contribution in [0.2, 0.25) is 0 Å². The molecule has 2 aromatic carbocycles. The molecule has 1 aliphatic heterocycles. The van der Waals surface area contributed by atoms with Gasteiger partial charge >= 0.3 is 0 Å². The standard InChI is InChI=1S/C22H23FN4O2/c1-14-6-4-8-16-20(14)26-19(13-25-22(28)18-10-5-11-29-18)27-21(16)24-12-15-7-2-3-9-17(15)23/h2-4,6-9,18H,5,10-13H2,1H3,(H,25,28)(H,24,26,27). The molecule has 2 heterocycles. The number of nitrogens with zero attached hydrogens (tertiary/aromatic N) is 2. The van der Waals surface area contributed by atoms with E-state index in [1.807, 2.05) is 25.1 Å². The van der Waals surface area contributed by atoms with Gasteiger partial charge in [0.05, 0.1) is 12.1 Å². The Hall–Kier alpha value is -3.06. The number of carbonyl (C=O) groups is 1. The van der Waals surface area contributed by atoms with Crippen LogP contribution < -0.4 is 10.6 Å². The number of hydrogen-bond acceptors (Lipinski definition) is 5. The number of halogens is 1. The molecule has 1 atom stereocenters. The van der Waals surface area contributed by atoms with Gasteiger partial charge in [0.25, 0.3) is 0 Å². The van der Waals surface area contributed by atoms with E-state index in [2.05, 4.69) is 20.6 Å². The van der Waals surface area contributed by atoms with Crippen LogP contribution in [0.4, 0.5) is 10.2 Å². The first-order valence-corrected chi connectivity index (χ1v) is 9.74. The molecule has 2 N–H and O–H groups in total. The second kappa shape index (κ2) is 8.53. The van der Waals surface area contributed by atoms with Gasteiger partial charge in [-0.05, 0) is 37.5 Å². The Morgan fingerprint density at radius 1 is 1.17 bits per heavy atom. The number of fused-ring (bicyclic) bond motifs is 1. The summed E-state index contributed by atoms with van der Waals surface area (Å²) >= 11 is 0. The van der Waals surface area contributed by atoms with Crippen LogP contribution in [0.15, 0.2) is 42.5 Å². The third kappa shape index (κ3) is 4.35. The summed E-state index contributed by atoms with van der Waals surface area (Å²) in [5.74, 6) is 0.702. The van der Waals surface area contributed by atoms with Crippen LogP contribution in [-0.4, -0.2) is 28.6 Å². The van der Waals surface area contributed by atoms with Crippen LogP contribution in [0, 0.1) is 12.7 Å². The highest BCUT2D eigenvalue weighted by Gasteiger charge is 2.23. The highest BCUT2D eigenvalue weighted by Crippen LogP contribution is 2.24. The molecule has 29 heavy (non-hydrogen) atoms. The maximum atomic E-state index is 14.0. The first kappa shape index (κ1) is 19.3. The summed E-state index contributed by atoms with van der Waals surface area (Å²) in [6.45, 7) is 3.10. The van der Waals surface area contributed by atoms with Crippen LogP contribution >= 0.6 is 0 Å². The molecule has 1 fully saturated rings. The highest BCUT2D eigenvalue weighted by molar-refractivity contribution is 5.91. The van der Waals surface area contributed by atoms with E-state index in [4.69, 9.17) is 4.74 Å². The van der Waals surface area contributed by atoms with Crippen molar-refractivity contribution in [3.8, 4) is 0 Å². The van der Waals surface area contributed by atoms with Crippen molar-refractivity contribution in [3.05, 3.63) is 65.2 Å². The van der Waals surface area contributed by atoms with Crippen molar-refractivity contribution in [2.75, 3.05) is 11.9 Å². The number of ether oxygens (including phenoxy) is 1. The van der Waals surface area contributed by atoms with Crippen molar-refractivity contribution in [2.24, 2.45) is 0 Å².